The summed E-state index contributed by atoms with van der Waals surface area (Å²) in [5.41, 5.74) is 1.67. The molecule has 0 aliphatic heterocycles. The van der Waals surface area contributed by atoms with Crippen molar-refractivity contribution in [2.45, 2.75) is 51.0 Å². The van der Waals surface area contributed by atoms with Crippen LogP contribution in [0.2, 0.25) is 0 Å². The van der Waals surface area contributed by atoms with Crippen molar-refractivity contribution in [3.05, 3.63) is 42.0 Å². The van der Waals surface area contributed by atoms with Crippen molar-refractivity contribution in [2.75, 3.05) is 6.54 Å². The highest BCUT2D eigenvalue weighted by atomic mass is 16.3. The van der Waals surface area contributed by atoms with Crippen molar-refractivity contribution >= 4 is 5.91 Å². The van der Waals surface area contributed by atoms with Gasteiger partial charge >= 0.3 is 0 Å². The predicted octanol–water partition coefficient (Wildman–Crippen LogP) is 2.39. The summed E-state index contributed by atoms with van der Waals surface area (Å²) in [6, 6.07) is 5.47. The van der Waals surface area contributed by atoms with E-state index in [9.17, 15) is 9.90 Å². The first kappa shape index (κ1) is 16.6. The molecule has 128 valence electrons. The molecule has 2 N–H and O–H groups in total. The lowest BCUT2D eigenvalue weighted by atomic mass is 9.94. The molecule has 2 aromatic rings. The minimum atomic E-state index is -0.762. The molecule has 1 amide bonds. The average molecular weight is 328 g/mol. The molecule has 1 aliphatic carbocycles. The molecule has 6 heteroatoms. The van der Waals surface area contributed by atoms with Crippen LogP contribution in [0.5, 0.6) is 0 Å². The van der Waals surface area contributed by atoms with Crippen LogP contribution in [-0.4, -0.2) is 37.9 Å². The van der Waals surface area contributed by atoms with Crippen molar-refractivity contribution in [1.82, 2.24) is 20.1 Å². The average Bonchev–Trinajstić information content (AvgIpc) is 3.01. The van der Waals surface area contributed by atoms with E-state index in [1.165, 1.54) is 19.2 Å². The summed E-state index contributed by atoms with van der Waals surface area (Å²) in [7, 11) is 0. The molecule has 24 heavy (non-hydrogen) atoms. The summed E-state index contributed by atoms with van der Waals surface area (Å²) in [5.74, 6) is -0.152. The van der Waals surface area contributed by atoms with E-state index in [4.69, 9.17) is 0 Å². The van der Waals surface area contributed by atoms with Gasteiger partial charge in [0.15, 0.2) is 0 Å². The van der Waals surface area contributed by atoms with Crippen molar-refractivity contribution in [2.24, 2.45) is 0 Å². The Morgan fingerprint density at radius 2 is 2.04 bits per heavy atom. The zero-order chi connectivity index (χ0) is 17.0. The fourth-order valence-corrected chi connectivity index (χ4v) is 3.30. The number of hydrogen-bond donors (Lipinski definition) is 2. The number of amides is 1. The van der Waals surface area contributed by atoms with E-state index in [2.05, 4.69) is 15.4 Å². The monoisotopic (exact) mass is 328 g/mol. The van der Waals surface area contributed by atoms with Crippen LogP contribution in [0, 0.1) is 6.92 Å². The molecule has 0 spiro atoms. The SMILES string of the molecule is Cc1cc(C(=O)NCC2(O)CCCCCC2)ccc1-n1cncn1. The number of aryl methyl sites for hydroxylation is 1. The largest absolute Gasteiger partial charge is 0.388 e. The Morgan fingerprint density at radius 1 is 1.29 bits per heavy atom. The fourth-order valence-electron chi connectivity index (χ4n) is 3.30. The molecule has 0 bridgehead atoms. The van der Waals surface area contributed by atoms with E-state index in [1.54, 1.807) is 17.1 Å². The Balaban J connectivity index is 1.66. The maximum atomic E-state index is 12.4. The van der Waals surface area contributed by atoms with E-state index in [0.29, 0.717) is 12.1 Å². The molecule has 0 saturated heterocycles. The molecule has 1 heterocycles. The Bertz CT molecular complexity index is 689. The quantitative estimate of drug-likeness (QED) is 0.845. The lowest BCUT2D eigenvalue weighted by molar-refractivity contribution is 0.0246. The second-order valence-electron chi connectivity index (χ2n) is 6.66. The van der Waals surface area contributed by atoms with E-state index < -0.39 is 5.60 Å². The van der Waals surface area contributed by atoms with Crippen LogP contribution in [0.25, 0.3) is 5.69 Å². The minimum Gasteiger partial charge on any atom is -0.388 e. The van der Waals surface area contributed by atoms with Crippen molar-refractivity contribution in [1.29, 1.82) is 0 Å². The normalized spacial score (nSPS) is 17.2. The van der Waals surface area contributed by atoms with Crippen molar-refractivity contribution in [3.63, 3.8) is 0 Å². The van der Waals surface area contributed by atoms with Gasteiger partial charge in [0.1, 0.15) is 12.7 Å². The molecule has 0 unspecified atom stereocenters. The first-order valence-corrected chi connectivity index (χ1v) is 8.54. The van der Waals surface area contributed by atoms with Crippen molar-refractivity contribution < 1.29 is 9.90 Å². The lowest BCUT2D eigenvalue weighted by Gasteiger charge is -2.26. The lowest BCUT2D eigenvalue weighted by Crippen LogP contribution is -2.42. The number of carbonyl (C=O) groups is 1. The zero-order valence-corrected chi connectivity index (χ0v) is 14.0. The number of nitrogens with one attached hydrogen (secondary N) is 1. The van der Waals surface area contributed by atoms with Crippen LogP contribution in [0.1, 0.15) is 54.4 Å². The molecular formula is C18H24N4O2. The molecule has 1 aromatic heterocycles. The molecule has 1 aliphatic rings. The van der Waals surface area contributed by atoms with E-state index in [0.717, 1.165) is 36.9 Å². The van der Waals surface area contributed by atoms with Gasteiger partial charge in [-0.2, -0.15) is 5.10 Å². The third-order valence-electron chi connectivity index (χ3n) is 4.74. The Morgan fingerprint density at radius 3 is 2.67 bits per heavy atom. The summed E-state index contributed by atoms with van der Waals surface area (Å²) in [6.07, 6.45) is 9.01. The number of carbonyl (C=O) groups excluding carboxylic acids is 1. The Labute approximate surface area is 141 Å². The van der Waals surface area contributed by atoms with Gasteiger partial charge in [0.05, 0.1) is 11.3 Å². The van der Waals surface area contributed by atoms with Gasteiger partial charge in [0.2, 0.25) is 0 Å². The predicted molar refractivity (Wildman–Crippen MR) is 91.1 cm³/mol. The highest BCUT2D eigenvalue weighted by molar-refractivity contribution is 5.94. The second-order valence-corrected chi connectivity index (χ2v) is 6.66. The highest BCUT2D eigenvalue weighted by Gasteiger charge is 2.28. The first-order valence-electron chi connectivity index (χ1n) is 8.54. The van der Waals surface area contributed by atoms with Crippen LogP contribution >= 0.6 is 0 Å². The molecule has 1 aromatic carbocycles. The Hall–Kier alpha value is -2.21. The van der Waals surface area contributed by atoms with Gasteiger partial charge in [-0.3, -0.25) is 4.79 Å². The number of hydrogen-bond acceptors (Lipinski definition) is 4. The maximum absolute atomic E-state index is 12.4. The fraction of sp³-hybridized carbons (Fsp3) is 0.500. The minimum absolute atomic E-state index is 0.152. The van der Waals surface area contributed by atoms with Gasteiger partial charge in [-0.25, -0.2) is 9.67 Å². The molecule has 0 radical (unpaired) electrons. The second kappa shape index (κ2) is 7.13. The summed E-state index contributed by atoms with van der Waals surface area (Å²) < 4.78 is 1.67. The first-order chi connectivity index (χ1) is 11.6. The van der Waals surface area contributed by atoms with Gasteiger partial charge in [-0.05, 0) is 43.5 Å². The van der Waals surface area contributed by atoms with Crippen LogP contribution < -0.4 is 5.32 Å². The maximum Gasteiger partial charge on any atom is 0.251 e. The Kier molecular flexibility index (Phi) is 4.94. The number of aromatic nitrogens is 3. The molecule has 1 saturated carbocycles. The summed E-state index contributed by atoms with van der Waals surface area (Å²) in [6.45, 7) is 2.25. The number of rotatable bonds is 4. The van der Waals surface area contributed by atoms with Gasteiger partial charge in [-0.15, -0.1) is 0 Å². The number of benzene rings is 1. The number of nitrogens with zero attached hydrogens (tertiary/aromatic N) is 3. The van der Waals surface area contributed by atoms with E-state index in [-0.39, 0.29) is 5.91 Å². The van der Waals surface area contributed by atoms with Gasteiger partial charge in [0.25, 0.3) is 5.91 Å². The smallest absolute Gasteiger partial charge is 0.251 e. The topological polar surface area (TPSA) is 80.0 Å². The van der Waals surface area contributed by atoms with Gasteiger partial charge < -0.3 is 10.4 Å². The third kappa shape index (κ3) is 3.82. The highest BCUT2D eigenvalue weighted by Crippen LogP contribution is 2.26. The van der Waals surface area contributed by atoms with E-state index in [1.807, 2.05) is 19.1 Å². The zero-order valence-electron chi connectivity index (χ0n) is 14.0. The standard InChI is InChI=1S/C18H24N4O2/c1-14-10-15(6-7-16(14)22-13-19-12-21-22)17(23)20-11-18(24)8-4-2-3-5-9-18/h6-7,10,12-13,24H,2-5,8-9,11H2,1H3,(H,20,23). The van der Waals surface area contributed by atoms with E-state index >= 15 is 0 Å². The van der Waals surface area contributed by atoms with Gasteiger partial charge in [-0.1, -0.05) is 25.7 Å². The van der Waals surface area contributed by atoms with Crippen LogP contribution in [-0.2, 0) is 0 Å². The van der Waals surface area contributed by atoms with Crippen LogP contribution in [0.3, 0.4) is 0 Å². The van der Waals surface area contributed by atoms with Crippen molar-refractivity contribution in [3.8, 4) is 5.69 Å². The summed E-state index contributed by atoms with van der Waals surface area (Å²) in [5, 5.41) is 17.6. The molecule has 6 nitrogen and oxygen atoms in total. The molecule has 0 atom stereocenters. The summed E-state index contributed by atoms with van der Waals surface area (Å²) in [4.78, 5) is 16.3. The molecular weight excluding hydrogens is 304 g/mol. The molecule has 1 fully saturated rings. The number of aliphatic hydroxyl groups is 1. The van der Waals surface area contributed by atoms with Crippen LogP contribution in [0.15, 0.2) is 30.9 Å². The molecule has 3 rings (SSSR count). The third-order valence-corrected chi connectivity index (χ3v) is 4.74. The van der Waals surface area contributed by atoms with Gasteiger partial charge in [0, 0.05) is 12.1 Å². The van der Waals surface area contributed by atoms with Crippen LogP contribution in [0.4, 0.5) is 0 Å². The summed E-state index contributed by atoms with van der Waals surface area (Å²) >= 11 is 0.